The van der Waals surface area contributed by atoms with Gasteiger partial charge in [0.15, 0.2) is 0 Å². The van der Waals surface area contributed by atoms with E-state index in [9.17, 15) is 4.79 Å². The lowest BCUT2D eigenvalue weighted by atomic mass is 10.1. The number of carbonyl (C=O) groups is 1. The van der Waals surface area contributed by atoms with Crippen molar-refractivity contribution in [1.82, 2.24) is 10.2 Å². The minimum absolute atomic E-state index is 0.254. The Hall–Kier alpha value is -1.75. The Kier molecular flexibility index (Phi) is 2.24. The summed E-state index contributed by atoms with van der Waals surface area (Å²) in [6.07, 6.45) is 0. The van der Waals surface area contributed by atoms with Crippen molar-refractivity contribution in [2.45, 2.75) is 0 Å². The Bertz CT molecular complexity index is 454. The Balaban J connectivity index is 2.58. The Labute approximate surface area is 83.9 Å². The quantitative estimate of drug-likeness (QED) is 0.815. The fourth-order valence-corrected chi connectivity index (χ4v) is 1.74. The van der Waals surface area contributed by atoms with E-state index in [1.165, 1.54) is 11.3 Å². The topological polar surface area (TPSA) is 63.1 Å². The second kappa shape index (κ2) is 3.55. The molecular weight excluding hydrogens is 200 g/mol. The molecule has 4 nitrogen and oxygen atoms in total. The minimum Gasteiger partial charge on any atom is -0.478 e. The number of hydrogen-bond acceptors (Lipinski definition) is 4. The van der Waals surface area contributed by atoms with Crippen molar-refractivity contribution in [2.75, 3.05) is 0 Å². The summed E-state index contributed by atoms with van der Waals surface area (Å²) in [4.78, 5) is 10.9. The van der Waals surface area contributed by atoms with Crippen LogP contribution in [0.3, 0.4) is 0 Å². The van der Waals surface area contributed by atoms with Crippen LogP contribution in [0.25, 0.3) is 10.6 Å². The van der Waals surface area contributed by atoms with Crippen LogP contribution in [0.2, 0.25) is 0 Å². The molecule has 0 bridgehead atoms. The number of rotatable bonds is 2. The van der Waals surface area contributed by atoms with E-state index in [4.69, 9.17) is 5.11 Å². The fourth-order valence-electron chi connectivity index (χ4n) is 1.15. The minimum atomic E-state index is -0.948. The molecule has 1 aromatic carbocycles. The van der Waals surface area contributed by atoms with Gasteiger partial charge in [-0.2, -0.15) is 0 Å². The summed E-state index contributed by atoms with van der Waals surface area (Å²) in [6.45, 7) is 0. The SMILES string of the molecule is O=C(O)c1ccccc1-c1nncs1. The van der Waals surface area contributed by atoms with Gasteiger partial charge in [0, 0.05) is 5.56 Å². The summed E-state index contributed by atoms with van der Waals surface area (Å²) in [5.74, 6) is -0.948. The van der Waals surface area contributed by atoms with Crippen LogP contribution in [-0.2, 0) is 0 Å². The summed E-state index contributed by atoms with van der Waals surface area (Å²) in [7, 11) is 0. The summed E-state index contributed by atoms with van der Waals surface area (Å²) in [5.41, 5.74) is 2.44. The lowest BCUT2D eigenvalue weighted by Crippen LogP contribution is -1.98. The number of carboxylic acid groups (broad SMARTS) is 1. The van der Waals surface area contributed by atoms with E-state index in [2.05, 4.69) is 10.2 Å². The van der Waals surface area contributed by atoms with Crippen LogP contribution >= 0.6 is 11.3 Å². The van der Waals surface area contributed by atoms with Crippen molar-refractivity contribution in [3.05, 3.63) is 35.3 Å². The molecule has 0 saturated heterocycles. The van der Waals surface area contributed by atoms with Gasteiger partial charge in [0.05, 0.1) is 5.56 Å². The molecular formula is C9H6N2O2S. The highest BCUT2D eigenvalue weighted by Crippen LogP contribution is 2.24. The average molecular weight is 206 g/mol. The first-order valence-electron chi connectivity index (χ1n) is 3.88. The van der Waals surface area contributed by atoms with Crippen LogP contribution < -0.4 is 0 Å². The van der Waals surface area contributed by atoms with Gasteiger partial charge in [-0.25, -0.2) is 4.79 Å². The predicted molar refractivity (Wildman–Crippen MR) is 52.3 cm³/mol. The number of nitrogens with zero attached hydrogens (tertiary/aromatic N) is 2. The molecule has 0 fully saturated rings. The molecule has 0 atom stereocenters. The van der Waals surface area contributed by atoms with Gasteiger partial charge >= 0.3 is 5.97 Å². The first kappa shape index (κ1) is 8.83. The van der Waals surface area contributed by atoms with Crippen molar-refractivity contribution in [2.24, 2.45) is 0 Å². The maximum Gasteiger partial charge on any atom is 0.336 e. The molecule has 0 spiro atoms. The Morgan fingerprint density at radius 2 is 2.14 bits per heavy atom. The molecule has 14 heavy (non-hydrogen) atoms. The highest BCUT2D eigenvalue weighted by Gasteiger charge is 2.12. The van der Waals surface area contributed by atoms with Crippen molar-refractivity contribution >= 4 is 17.3 Å². The van der Waals surface area contributed by atoms with Crippen LogP contribution in [0.15, 0.2) is 29.8 Å². The second-order valence-corrected chi connectivity index (χ2v) is 3.43. The zero-order valence-electron chi connectivity index (χ0n) is 7.04. The third kappa shape index (κ3) is 1.49. The lowest BCUT2D eigenvalue weighted by molar-refractivity contribution is 0.0698. The Morgan fingerprint density at radius 1 is 1.36 bits per heavy atom. The molecule has 0 aliphatic carbocycles. The van der Waals surface area contributed by atoms with Gasteiger partial charge in [0.25, 0.3) is 0 Å². The van der Waals surface area contributed by atoms with Crippen LogP contribution in [0.1, 0.15) is 10.4 Å². The molecule has 0 amide bonds. The summed E-state index contributed by atoms with van der Waals surface area (Å²) < 4.78 is 0. The van der Waals surface area contributed by atoms with Crippen molar-refractivity contribution < 1.29 is 9.90 Å². The van der Waals surface area contributed by atoms with Gasteiger partial charge in [-0.15, -0.1) is 10.2 Å². The van der Waals surface area contributed by atoms with Crippen LogP contribution in [0.4, 0.5) is 0 Å². The van der Waals surface area contributed by atoms with Crippen molar-refractivity contribution in [1.29, 1.82) is 0 Å². The smallest absolute Gasteiger partial charge is 0.336 e. The molecule has 5 heteroatoms. The standard InChI is InChI=1S/C9H6N2O2S/c12-9(13)7-4-2-1-3-6(7)8-11-10-5-14-8/h1-5H,(H,12,13). The van der Waals surface area contributed by atoms with E-state index in [1.54, 1.807) is 29.8 Å². The lowest BCUT2D eigenvalue weighted by Gasteiger charge is -2.00. The number of carboxylic acids is 1. The van der Waals surface area contributed by atoms with Gasteiger partial charge in [0.2, 0.25) is 0 Å². The van der Waals surface area contributed by atoms with E-state index in [-0.39, 0.29) is 5.56 Å². The zero-order chi connectivity index (χ0) is 9.97. The third-order valence-electron chi connectivity index (χ3n) is 1.75. The predicted octanol–water partition coefficient (Wildman–Crippen LogP) is 1.90. The van der Waals surface area contributed by atoms with Crippen LogP contribution in [-0.4, -0.2) is 21.3 Å². The monoisotopic (exact) mass is 206 g/mol. The average Bonchev–Trinajstić information content (AvgIpc) is 2.70. The van der Waals surface area contributed by atoms with E-state index < -0.39 is 5.97 Å². The van der Waals surface area contributed by atoms with E-state index in [1.807, 2.05) is 0 Å². The third-order valence-corrected chi connectivity index (χ3v) is 2.47. The second-order valence-electron chi connectivity index (χ2n) is 2.59. The molecule has 2 rings (SSSR count). The van der Waals surface area contributed by atoms with Crippen molar-refractivity contribution in [3.8, 4) is 10.6 Å². The molecule has 0 saturated carbocycles. The van der Waals surface area contributed by atoms with Gasteiger partial charge in [0.1, 0.15) is 10.5 Å². The van der Waals surface area contributed by atoms with Crippen molar-refractivity contribution in [3.63, 3.8) is 0 Å². The van der Waals surface area contributed by atoms with E-state index >= 15 is 0 Å². The van der Waals surface area contributed by atoms with Gasteiger partial charge in [-0.3, -0.25) is 0 Å². The van der Waals surface area contributed by atoms with Crippen LogP contribution in [0.5, 0.6) is 0 Å². The zero-order valence-corrected chi connectivity index (χ0v) is 7.86. The molecule has 1 heterocycles. The van der Waals surface area contributed by atoms with E-state index in [0.29, 0.717) is 10.6 Å². The molecule has 1 N–H and O–H groups in total. The number of aromatic carboxylic acids is 1. The summed E-state index contributed by atoms with van der Waals surface area (Å²) in [6, 6.07) is 6.75. The highest BCUT2D eigenvalue weighted by molar-refractivity contribution is 7.12. The molecule has 70 valence electrons. The molecule has 1 aromatic heterocycles. The fraction of sp³-hybridized carbons (Fsp3) is 0. The maximum absolute atomic E-state index is 10.9. The summed E-state index contributed by atoms with van der Waals surface area (Å²) in [5, 5.41) is 17.1. The molecule has 0 unspecified atom stereocenters. The van der Waals surface area contributed by atoms with Gasteiger partial charge in [-0.05, 0) is 6.07 Å². The number of hydrogen-bond donors (Lipinski definition) is 1. The number of benzene rings is 1. The first-order chi connectivity index (χ1) is 6.79. The number of aromatic nitrogens is 2. The molecule has 0 aliphatic rings. The van der Waals surface area contributed by atoms with Gasteiger partial charge in [-0.1, -0.05) is 29.5 Å². The molecule has 0 radical (unpaired) electrons. The first-order valence-corrected chi connectivity index (χ1v) is 4.76. The molecule has 2 aromatic rings. The summed E-state index contributed by atoms with van der Waals surface area (Å²) >= 11 is 1.32. The van der Waals surface area contributed by atoms with Crippen LogP contribution in [0, 0.1) is 0 Å². The molecule has 0 aliphatic heterocycles. The maximum atomic E-state index is 10.9. The van der Waals surface area contributed by atoms with E-state index in [0.717, 1.165) is 0 Å². The van der Waals surface area contributed by atoms with Gasteiger partial charge < -0.3 is 5.11 Å². The normalized spacial score (nSPS) is 10.0. The highest BCUT2D eigenvalue weighted by atomic mass is 32.1. The largest absolute Gasteiger partial charge is 0.478 e. The Morgan fingerprint density at radius 3 is 2.79 bits per heavy atom.